The maximum atomic E-state index is 4.85. The molecule has 0 radical (unpaired) electrons. The summed E-state index contributed by atoms with van der Waals surface area (Å²) >= 11 is 3.08. The van der Waals surface area contributed by atoms with E-state index in [0.717, 1.165) is 34.5 Å². The molecule has 184 valence electrons. The van der Waals surface area contributed by atoms with Crippen LogP contribution in [0.2, 0.25) is 0 Å². The summed E-state index contributed by atoms with van der Waals surface area (Å²) in [5, 5.41) is 2.14. The first-order valence-electron chi connectivity index (χ1n) is 12.8. The average molecular weight is 528 g/mol. The lowest BCUT2D eigenvalue weighted by Gasteiger charge is -2.26. The summed E-state index contributed by atoms with van der Waals surface area (Å²) in [6, 6.07) is 34.3. The van der Waals surface area contributed by atoms with Gasteiger partial charge in [0.1, 0.15) is 11.0 Å². The van der Waals surface area contributed by atoms with Crippen molar-refractivity contribution in [3.05, 3.63) is 120 Å². The van der Waals surface area contributed by atoms with Crippen LogP contribution in [0.1, 0.15) is 18.1 Å². The van der Waals surface area contributed by atoms with Gasteiger partial charge in [0.2, 0.25) is 0 Å². The number of para-hydroxylation sites is 2. The summed E-state index contributed by atoms with van der Waals surface area (Å²) in [5.41, 5.74) is 11.7. The first kappa shape index (κ1) is 23.1. The monoisotopic (exact) mass is 527 g/mol. The molecule has 0 spiro atoms. The summed E-state index contributed by atoms with van der Waals surface area (Å²) in [7, 11) is 0. The van der Waals surface area contributed by atoms with Gasteiger partial charge in [0.15, 0.2) is 0 Å². The van der Waals surface area contributed by atoms with E-state index in [0.29, 0.717) is 5.92 Å². The van der Waals surface area contributed by atoms with Crippen LogP contribution in [-0.2, 0) is 6.42 Å². The van der Waals surface area contributed by atoms with Gasteiger partial charge in [0.25, 0.3) is 0 Å². The van der Waals surface area contributed by atoms with Gasteiger partial charge in [-0.1, -0.05) is 73.7 Å². The van der Waals surface area contributed by atoms with E-state index in [2.05, 4.69) is 126 Å². The summed E-state index contributed by atoms with van der Waals surface area (Å²) < 4.78 is 9.66. The molecule has 0 aliphatic heterocycles. The Morgan fingerprint density at radius 3 is 1.97 bits per heavy atom. The van der Waals surface area contributed by atoms with Crippen LogP contribution in [-0.4, -0.2) is 8.75 Å². The van der Waals surface area contributed by atoms with Crippen molar-refractivity contribution in [2.75, 3.05) is 4.90 Å². The van der Waals surface area contributed by atoms with Gasteiger partial charge in [-0.15, -0.1) is 11.3 Å². The van der Waals surface area contributed by atoms with Crippen molar-refractivity contribution in [1.29, 1.82) is 0 Å². The lowest BCUT2D eigenvalue weighted by Crippen LogP contribution is -2.10. The van der Waals surface area contributed by atoms with Gasteiger partial charge in [-0.2, -0.15) is 8.75 Å². The molecule has 0 N–H and O–H groups in total. The van der Waals surface area contributed by atoms with E-state index >= 15 is 0 Å². The summed E-state index contributed by atoms with van der Waals surface area (Å²) in [5.74, 6) is 0.479. The minimum Gasteiger partial charge on any atom is -0.311 e. The van der Waals surface area contributed by atoms with Crippen LogP contribution >= 0.6 is 23.1 Å². The Balaban J connectivity index is 1.40. The molecule has 1 atom stereocenters. The number of hydrogen-bond acceptors (Lipinski definition) is 5. The molecule has 4 aromatic carbocycles. The van der Waals surface area contributed by atoms with E-state index < -0.39 is 0 Å². The Morgan fingerprint density at radius 1 is 0.711 bits per heavy atom. The Hall–Kier alpha value is -4.06. The molecule has 0 fully saturated rings. The second kappa shape index (κ2) is 9.67. The van der Waals surface area contributed by atoms with Crippen LogP contribution in [0.4, 0.5) is 17.1 Å². The summed E-state index contributed by atoms with van der Waals surface area (Å²) in [6.07, 6.45) is 5.63. The lowest BCUT2D eigenvalue weighted by atomic mass is 9.81. The van der Waals surface area contributed by atoms with Crippen molar-refractivity contribution in [3.8, 4) is 21.6 Å². The third kappa shape index (κ3) is 3.95. The molecule has 1 aliphatic rings. The smallest absolute Gasteiger partial charge is 0.114 e. The molecule has 5 heteroatoms. The Labute approximate surface area is 230 Å². The third-order valence-electron chi connectivity index (χ3n) is 7.19. The number of thiophene rings is 1. The molecule has 0 bridgehead atoms. The van der Waals surface area contributed by atoms with Crippen LogP contribution in [0, 0.1) is 5.92 Å². The third-order valence-corrected chi connectivity index (χ3v) is 8.60. The van der Waals surface area contributed by atoms with Gasteiger partial charge in [-0.25, -0.2) is 0 Å². The number of anilines is 3. The SMILES string of the molecule is CC1C=Cc2c(c(-c3ccc(N(c4ccccc4)c4ccccc4)cc3)c3nsnc3c2-c2cccs2)C1. The summed E-state index contributed by atoms with van der Waals surface area (Å²) in [6.45, 7) is 2.29. The molecule has 3 nitrogen and oxygen atoms in total. The van der Waals surface area contributed by atoms with Crippen LogP contribution in [0.15, 0.2) is 109 Å². The van der Waals surface area contributed by atoms with E-state index in [1.807, 2.05) is 0 Å². The standard InChI is InChI=1S/C33H25N3S2/c1-22-14-19-27-28(21-22)30(32-33(35-38-34-32)31(27)29-13-8-20-37-29)23-15-17-26(18-16-23)36(24-9-4-2-5-10-24)25-11-6-3-7-12-25/h2-20,22H,21H2,1H3. The number of aromatic nitrogens is 2. The van der Waals surface area contributed by atoms with Crippen molar-refractivity contribution in [1.82, 2.24) is 8.75 Å². The molecule has 7 rings (SSSR count). The van der Waals surface area contributed by atoms with Crippen LogP contribution in [0.3, 0.4) is 0 Å². The fourth-order valence-corrected chi connectivity index (χ4v) is 6.82. The second-order valence-corrected chi connectivity index (χ2v) is 11.2. The molecule has 1 aliphatic carbocycles. The Bertz CT molecular complexity index is 1700. The number of allylic oxidation sites excluding steroid dienone is 1. The Kier molecular flexibility index (Phi) is 5.88. The van der Waals surface area contributed by atoms with Crippen LogP contribution in [0.25, 0.3) is 38.7 Å². The van der Waals surface area contributed by atoms with E-state index in [-0.39, 0.29) is 0 Å². The van der Waals surface area contributed by atoms with Crippen molar-refractivity contribution >= 4 is 57.2 Å². The number of hydrogen-bond donors (Lipinski definition) is 0. The molecule has 0 saturated heterocycles. The highest BCUT2D eigenvalue weighted by atomic mass is 32.1. The molecule has 38 heavy (non-hydrogen) atoms. The normalized spacial score (nSPS) is 14.5. The number of nitrogens with zero attached hydrogens (tertiary/aromatic N) is 3. The van der Waals surface area contributed by atoms with Gasteiger partial charge < -0.3 is 4.90 Å². The number of rotatable bonds is 5. The minimum absolute atomic E-state index is 0.479. The minimum atomic E-state index is 0.479. The van der Waals surface area contributed by atoms with E-state index in [1.54, 1.807) is 11.3 Å². The largest absolute Gasteiger partial charge is 0.311 e. The lowest BCUT2D eigenvalue weighted by molar-refractivity contribution is 0.719. The van der Waals surface area contributed by atoms with Gasteiger partial charge in [0.05, 0.1) is 11.7 Å². The fraction of sp³-hybridized carbons (Fsp3) is 0.0909. The van der Waals surface area contributed by atoms with Crippen molar-refractivity contribution < 1.29 is 0 Å². The van der Waals surface area contributed by atoms with Gasteiger partial charge in [-0.05, 0) is 76.9 Å². The maximum absolute atomic E-state index is 4.85. The predicted octanol–water partition coefficient (Wildman–Crippen LogP) is 9.76. The zero-order valence-corrected chi connectivity index (χ0v) is 22.5. The van der Waals surface area contributed by atoms with Crippen molar-refractivity contribution in [2.24, 2.45) is 5.92 Å². The highest BCUT2D eigenvalue weighted by Crippen LogP contribution is 2.46. The number of benzene rings is 4. The molecule has 1 unspecified atom stereocenters. The van der Waals surface area contributed by atoms with E-state index in [1.165, 1.54) is 44.4 Å². The van der Waals surface area contributed by atoms with Crippen molar-refractivity contribution in [3.63, 3.8) is 0 Å². The van der Waals surface area contributed by atoms with E-state index in [9.17, 15) is 0 Å². The molecule has 0 amide bonds. The maximum Gasteiger partial charge on any atom is 0.114 e. The zero-order chi connectivity index (χ0) is 25.5. The topological polar surface area (TPSA) is 29.0 Å². The fourth-order valence-electron chi connectivity index (χ4n) is 5.48. The first-order valence-corrected chi connectivity index (χ1v) is 14.4. The van der Waals surface area contributed by atoms with Gasteiger partial charge in [-0.3, -0.25) is 0 Å². The zero-order valence-electron chi connectivity index (χ0n) is 20.9. The molecular formula is C33H25N3S2. The predicted molar refractivity (Wildman–Crippen MR) is 163 cm³/mol. The van der Waals surface area contributed by atoms with Crippen LogP contribution in [0.5, 0.6) is 0 Å². The molecule has 2 aromatic heterocycles. The molecule has 2 heterocycles. The molecule has 0 saturated carbocycles. The number of fused-ring (bicyclic) bond motifs is 2. The average Bonchev–Trinajstić information content (AvgIpc) is 3.67. The molecular weight excluding hydrogens is 503 g/mol. The van der Waals surface area contributed by atoms with Crippen molar-refractivity contribution in [2.45, 2.75) is 13.3 Å². The Morgan fingerprint density at radius 2 is 1.34 bits per heavy atom. The molecule has 6 aromatic rings. The quantitative estimate of drug-likeness (QED) is 0.223. The van der Waals surface area contributed by atoms with Crippen LogP contribution < -0.4 is 4.90 Å². The highest BCUT2D eigenvalue weighted by molar-refractivity contribution is 7.13. The summed E-state index contributed by atoms with van der Waals surface area (Å²) in [4.78, 5) is 3.55. The highest BCUT2D eigenvalue weighted by Gasteiger charge is 2.26. The second-order valence-electron chi connectivity index (χ2n) is 9.67. The van der Waals surface area contributed by atoms with E-state index in [4.69, 9.17) is 8.75 Å². The first-order chi connectivity index (χ1) is 18.8. The van der Waals surface area contributed by atoms with Gasteiger partial charge >= 0.3 is 0 Å². The van der Waals surface area contributed by atoms with Gasteiger partial charge in [0, 0.05) is 33.1 Å².